The molecule has 3 N–H and O–H groups in total. The molecule has 3 rings (SSSR count). The minimum atomic E-state index is -3.74. The van der Waals surface area contributed by atoms with Gasteiger partial charge in [-0.05, 0) is 17.7 Å². The normalized spacial score (nSPS) is 20.0. The van der Waals surface area contributed by atoms with E-state index in [0.717, 1.165) is 16.9 Å². The minimum Gasteiger partial charge on any atom is -0.339 e. The van der Waals surface area contributed by atoms with E-state index in [-0.39, 0.29) is 41.0 Å². The van der Waals surface area contributed by atoms with Crippen LogP contribution in [0.1, 0.15) is 11.5 Å². The van der Waals surface area contributed by atoms with Gasteiger partial charge in [-0.15, -0.1) is 23.7 Å². The smallest absolute Gasteiger partial charge is 0.250 e. The van der Waals surface area contributed by atoms with Gasteiger partial charge in [-0.3, -0.25) is 4.79 Å². The van der Waals surface area contributed by atoms with Crippen molar-refractivity contribution in [1.29, 1.82) is 0 Å². The van der Waals surface area contributed by atoms with Crippen molar-refractivity contribution in [3.05, 3.63) is 52.4 Å². The highest BCUT2D eigenvalue weighted by Crippen LogP contribution is 2.27. The quantitative estimate of drug-likeness (QED) is 0.751. The van der Waals surface area contributed by atoms with Gasteiger partial charge in [-0.2, -0.15) is 0 Å². The summed E-state index contributed by atoms with van der Waals surface area (Å²) in [6.45, 7) is 0.591. The van der Waals surface area contributed by atoms with E-state index in [9.17, 15) is 13.2 Å². The highest BCUT2D eigenvalue weighted by molar-refractivity contribution is 7.91. The molecule has 0 aliphatic carbocycles. The molecule has 0 spiro atoms. The van der Waals surface area contributed by atoms with Crippen LogP contribution in [0.5, 0.6) is 0 Å². The summed E-state index contributed by atoms with van der Waals surface area (Å²) in [5.74, 6) is -0.238. The van der Waals surface area contributed by atoms with Gasteiger partial charge in [-0.1, -0.05) is 41.9 Å². The molecule has 10 heteroatoms. The predicted molar refractivity (Wildman–Crippen MR) is 106 cm³/mol. The van der Waals surface area contributed by atoms with Gasteiger partial charge in [-0.25, -0.2) is 13.1 Å². The molecule has 1 aromatic heterocycles. The molecule has 26 heavy (non-hydrogen) atoms. The molecule has 142 valence electrons. The van der Waals surface area contributed by atoms with E-state index in [0.29, 0.717) is 17.4 Å². The Morgan fingerprint density at radius 2 is 1.92 bits per heavy atom. The molecule has 1 aliphatic rings. The van der Waals surface area contributed by atoms with Gasteiger partial charge < -0.3 is 10.6 Å². The Morgan fingerprint density at radius 1 is 1.23 bits per heavy atom. The lowest BCUT2D eigenvalue weighted by molar-refractivity contribution is -0.128. The maximum Gasteiger partial charge on any atom is 0.250 e. The van der Waals surface area contributed by atoms with E-state index < -0.39 is 10.0 Å². The van der Waals surface area contributed by atoms with Crippen LogP contribution in [0.15, 0.2) is 46.7 Å². The van der Waals surface area contributed by atoms with Crippen molar-refractivity contribution in [1.82, 2.24) is 9.62 Å². The fourth-order valence-corrected chi connectivity index (χ4v) is 5.37. The van der Waals surface area contributed by atoms with Crippen molar-refractivity contribution >= 4 is 51.3 Å². The predicted octanol–water partition coefficient (Wildman–Crippen LogP) is 2.05. The Bertz CT molecular complexity index is 859. The van der Waals surface area contributed by atoms with Gasteiger partial charge in [0, 0.05) is 25.0 Å². The molecule has 0 radical (unpaired) electrons. The zero-order valence-corrected chi connectivity index (χ0v) is 16.9. The van der Waals surface area contributed by atoms with Gasteiger partial charge in [0.2, 0.25) is 5.91 Å². The Hall–Kier alpha value is -1.16. The number of amides is 1. The third-order valence-corrected chi connectivity index (χ3v) is 7.30. The summed E-state index contributed by atoms with van der Waals surface area (Å²) < 4.78 is 27.1. The second-order valence-electron chi connectivity index (χ2n) is 5.86. The first-order valence-corrected chi connectivity index (χ1v) is 10.4. The van der Waals surface area contributed by atoms with Crippen LogP contribution in [0.3, 0.4) is 0 Å². The number of nitrogens with zero attached hydrogens (tertiary/aromatic N) is 1. The molecular formula is C16H19Cl2N3O3S2. The van der Waals surface area contributed by atoms with Gasteiger partial charge in [0.15, 0.2) is 0 Å². The van der Waals surface area contributed by atoms with Crippen LogP contribution < -0.4 is 10.5 Å². The minimum absolute atomic E-state index is 0. The van der Waals surface area contributed by atoms with E-state index in [1.165, 1.54) is 12.1 Å². The molecule has 1 aliphatic heterocycles. The number of hydrogen-bond acceptors (Lipinski definition) is 5. The standard InChI is InChI=1S/C16H18ClN3O3S2.ClH/c17-14-6-7-16(24-14)25(22,23)19-8-15(21)20-9-12(13(18)10-20)11-4-2-1-3-5-11;/h1-7,12-13,19H,8-10,18H2;1H/t12-,13+;/m0./s1. The van der Waals surface area contributed by atoms with Crippen molar-refractivity contribution in [3.8, 4) is 0 Å². The maximum atomic E-state index is 12.4. The summed E-state index contributed by atoms with van der Waals surface area (Å²) in [6.07, 6.45) is 0. The lowest BCUT2D eigenvalue weighted by Crippen LogP contribution is -2.39. The number of sulfonamides is 1. The van der Waals surface area contributed by atoms with E-state index in [4.69, 9.17) is 17.3 Å². The first-order valence-electron chi connectivity index (χ1n) is 7.70. The molecule has 1 fully saturated rings. The molecule has 2 aromatic rings. The zero-order valence-electron chi connectivity index (χ0n) is 13.7. The SMILES string of the molecule is Cl.N[C@@H]1CN(C(=O)CNS(=O)(=O)c2ccc(Cl)s2)C[C@H]1c1ccccc1. The Labute approximate surface area is 167 Å². The topological polar surface area (TPSA) is 92.5 Å². The van der Waals surface area contributed by atoms with E-state index in [2.05, 4.69) is 4.72 Å². The first kappa shape index (κ1) is 21.1. The summed E-state index contributed by atoms with van der Waals surface area (Å²) >= 11 is 6.71. The van der Waals surface area contributed by atoms with Gasteiger partial charge >= 0.3 is 0 Å². The average molecular weight is 436 g/mol. The molecular weight excluding hydrogens is 417 g/mol. The summed E-state index contributed by atoms with van der Waals surface area (Å²) in [7, 11) is -3.74. The second kappa shape index (κ2) is 8.69. The molecule has 1 amide bonds. The second-order valence-corrected chi connectivity index (χ2v) is 9.57. The van der Waals surface area contributed by atoms with Gasteiger partial charge in [0.1, 0.15) is 4.21 Å². The summed E-state index contributed by atoms with van der Waals surface area (Å²) in [5, 5.41) is 0. The maximum absolute atomic E-state index is 12.4. The lowest BCUT2D eigenvalue weighted by Gasteiger charge is -2.16. The van der Waals surface area contributed by atoms with Crippen LogP contribution in [-0.4, -0.2) is 44.9 Å². The monoisotopic (exact) mass is 435 g/mol. The Balaban J connectivity index is 0.00000243. The number of nitrogens with two attached hydrogens (primary N) is 1. The molecule has 2 atom stereocenters. The number of halogens is 2. The summed E-state index contributed by atoms with van der Waals surface area (Å²) in [4.78, 5) is 14.0. The van der Waals surface area contributed by atoms with Crippen molar-refractivity contribution in [2.75, 3.05) is 19.6 Å². The van der Waals surface area contributed by atoms with Crippen molar-refractivity contribution in [3.63, 3.8) is 0 Å². The van der Waals surface area contributed by atoms with Crippen LogP contribution in [0, 0.1) is 0 Å². The van der Waals surface area contributed by atoms with Crippen molar-refractivity contribution < 1.29 is 13.2 Å². The third-order valence-electron chi connectivity index (χ3n) is 4.17. The lowest BCUT2D eigenvalue weighted by atomic mass is 9.95. The van der Waals surface area contributed by atoms with Gasteiger partial charge in [0.25, 0.3) is 10.0 Å². The Kier molecular flexibility index (Phi) is 7.06. The number of likely N-dealkylation sites (tertiary alicyclic amines) is 1. The number of carbonyl (C=O) groups excluding carboxylic acids is 1. The molecule has 2 heterocycles. The van der Waals surface area contributed by atoms with Crippen molar-refractivity contribution in [2.24, 2.45) is 5.73 Å². The van der Waals surface area contributed by atoms with Crippen LogP contribution in [0.4, 0.5) is 0 Å². The molecule has 0 unspecified atom stereocenters. The van der Waals surface area contributed by atoms with E-state index in [1.807, 2.05) is 30.3 Å². The van der Waals surface area contributed by atoms with Gasteiger partial charge in [0.05, 0.1) is 10.9 Å². The molecule has 1 aromatic carbocycles. The highest BCUT2D eigenvalue weighted by atomic mass is 35.5. The fourth-order valence-electron chi connectivity index (χ4n) is 2.87. The number of rotatable bonds is 5. The van der Waals surface area contributed by atoms with Crippen LogP contribution in [0.2, 0.25) is 4.34 Å². The number of carbonyl (C=O) groups is 1. The summed E-state index contributed by atoms with van der Waals surface area (Å²) in [5.41, 5.74) is 7.25. The fraction of sp³-hybridized carbons (Fsp3) is 0.312. The first-order chi connectivity index (χ1) is 11.9. The number of benzene rings is 1. The highest BCUT2D eigenvalue weighted by Gasteiger charge is 2.34. The molecule has 0 bridgehead atoms. The molecule has 1 saturated heterocycles. The van der Waals surface area contributed by atoms with E-state index >= 15 is 0 Å². The molecule has 6 nitrogen and oxygen atoms in total. The number of thiophene rings is 1. The largest absolute Gasteiger partial charge is 0.339 e. The summed E-state index contributed by atoms with van der Waals surface area (Å²) in [6, 6.07) is 12.5. The zero-order chi connectivity index (χ0) is 18.0. The number of hydrogen-bond donors (Lipinski definition) is 2. The number of nitrogens with one attached hydrogen (secondary N) is 1. The van der Waals surface area contributed by atoms with Crippen LogP contribution >= 0.6 is 35.3 Å². The third kappa shape index (κ3) is 4.76. The van der Waals surface area contributed by atoms with Crippen molar-refractivity contribution in [2.45, 2.75) is 16.2 Å². The van der Waals surface area contributed by atoms with Crippen LogP contribution in [-0.2, 0) is 14.8 Å². The molecule has 0 saturated carbocycles. The van der Waals surface area contributed by atoms with E-state index in [1.54, 1.807) is 4.90 Å². The van der Waals surface area contributed by atoms with Crippen LogP contribution in [0.25, 0.3) is 0 Å². The Morgan fingerprint density at radius 3 is 2.54 bits per heavy atom. The average Bonchev–Trinajstić information content (AvgIpc) is 3.20.